The van der Waals surface area contributed by atoms with Crippen molar-refractivity contribution in [1.82, 2.24) is 10.3 Å². The third-order valence-electron chi connectivity index (χ3n) is 3.86. The molecule has 5 nitrogen and oxygen atoms in total. The number of amides is 1. The van der Waals surface area contributed by atoms with Crippen LogP contribution in [0.2, 0.25) is 0 Å². The van der Waals surface area contributed by atoms with Gasteiger partial charge in [0.2, 0.25) is 5.91 Å². The lowest BCUT2D eigenvalue weighted by molar-refractivity contribution is -0.119. The first-order valence-electron chi connectivity index (χ1n) is 6.98. The largest absolute Gasteiger partial charge is 0.368 e. The molecule has 5 heteroatoms. The van der Waals surface area contributed by atoms with Gasteiger partial charge in [-0.3, -0.25) is 4.79 Å². The van der Waals surface area contributed by atoms with E-state index in [2.05, 4.69) is 16.4 Å². The fraction of sp³-hybridized carbons (Fsp3) is 0.571. The number of nitrogens with two attached hydrogens (primary N) is 1. The number of anilines is 1. The highest BCUT2D eigenvalue weighted by molar-refractivity contribution is 5.83. The lowest BCUT2D eigenvalue weighted by Gasteiger charge is -2.23. The maximum Gasteiger partial charge on any atom is 0.240 e. The third kappa shape index (κ3) is 2.87. The van der Waals surface area contributed by atoms with E-state index in [9.17, 15) is 4.79 Å². The maximum absolute atomic E-state index is 11.4. The topological polar surface area (TPSA) is 71.2 Å². The van der Waals surface area contributed by atoms with Gasteiger partial charge in [-0.2, -0.15) is 0 Å². The predicted molar refractivity (Wildman–Crippen MR) is 73.7 cm³/mol. The Hall–Kier alpha value is -1.62. The average Bonchev–Trinajstić information content (AvgIpc) is 3.11. The first-order valence-corrected chi connectivity index (χ1v) is 6.98. The fourth-order valence-corrected chi connectivity index (χ4v) is 2.58. The second-order valence-electron chi connectivity index (χ2n) is 5.43. The molecular formula is C14H20N4O. The van der Waals surface area contributed by atoms with Gasteiger partial charge in [0.15, 0.2) is 0 Å². The molecule has 1 aromatic heterocycles. The minimum atomic E-state index is -0.251. The summed E-state index contributed by atoms with van der Waals surface area (Å²) in [6.07, 6.45) is 6.31. The highest BCUT2D eigenvalue weighted by atomic mass is 16.1. The van der Waals surface area contributed by atoms with Gasteiger partial charge in [0.1, 0.15) is 11.9 Å². The Kier molecular flexibility index (Phi) is 3.38. The smallest absolute Gasteiger partial charge is 0.240 e. The van der Waals surface area contributed by atoms with Crippen LogP contribution in [0.3, 0.4) is 0 Å². The van der Waals surface area contributed by atoms with Crippen molar-refractivity contribution in [2.24, 2.45) is 5.73 Å². The van der Waals surface area contributed by atoms with E-state index in [0.29, 0.717) is 6.04 Å². The van der Waals surface area contributed by atoms with Crippen molar-refractivity contribution in [3.8, 4) is 0 Å². The molecule has 1 aliphatic carbocycles. The summed E-state index contributed by atoms with van der Waals surface area (Å²) in [7, 11) is 0. The zero-order chi connectivity index (χ0) is 13.2. The van der Waals surface area contributed by atoms with Gasteiger partial charge in [0.05, 0.1) is 0 Å². The van der Waals surface area contributed by atoms with Gasteiger partial charge >= 0.3 is 0 Å². The highest BCUT2D eigenvalue weighted by Crippen LogP contribution is 2.24. The highest BCUT2D eigenvalue weighted by Gasteiger charge is 2.29. The molecule has 1 amide bonds. The molecule has 1 aromatic rings. The number of nitrogens with one attached hydrogen (secondary N) is 1. The Morgan fingerprint density at radius 3 is 2.89 bits per heavy atom. The van der Waals surface area contributed by atoms with E-state index in [1.165, 1.54) is 18.4 Å². The average molecular weight is 260 g/mol. The number of carbonyl (C=O) groups is 1. The number of rotatable bonds is 5. The number of primary amides is 1. The third-order valence-corrected chi connectivity index (χ3v) is 3.86. The summed E-state index contributed by atoms with van der Waals surface area (Å²) in [4.78, 5) is 17.9. The Morgan fingerprint density at radius 2 is 2.26 bits per heavy atom. The van der Waals surface area contributed by atoms with Crippen LogP contribution in [0.4, 0.5) is 5.82 Å². The second kappa shape index (κ2) is 5.17. The summed E-state index contributed by atoms with van der Waals surface area (Å²) >= 11 is 0. The van der Waals surface area contributed by atoms with Crippen LogP contribution in [0, 0.1) is 0 Å². The number of carbonyl (C=O) groups excluding carboxylic acids is 1. The van der Waals surface area contributed by atoms with Gasteiger partial charge in [-0.15, -0.1) is 0 Å². The first-order chi connectivity index (χ1) is 9.24. The van der Waals surface area contributed by atoms with E-state index in [4.69, 9.17) is 5.73 Å². The van der Waals surface area contributed by atoms with E-state index >= 15 is 0 Å². The molecule has 1 unspecified atom stereocenters. The van der Waals surface area contributed by atoms with Gasteiger partial charge in [-0.25, -0.2) is 4.98 Å². The first kappa shape index (κ1) is 12.4. The summed E-state index contributed by atoms with van der Waals surface area (Å²) in [5.41, 5.74) is 6.61. The van der Waals surface area contributed by atoms with Crippen LogP contribution < -0.4 is 16.0 Å². The van der Waals surface area contributed by atoms with Crippen molar-refractivity contribution < 1.29 is 4.79 Å². The van der Waals surface area contributed by atoms with Gasteiger partial charge in [0.25, 0.3) is 0 Å². The standard InChI is InChI=1S/C14H20N4O/c15-14(19)12-2-1-7-18(12)13-6-3-10(9-17-13)8-16-11-4-5-11/h3,6,9,11-12,16H,1-2,4-5,7-8H2,(H2,15,19). The lowest BCUT2D eigenvalue weighted by Crippen LogP contribution is -2.40. The summed E-state index contributed by atoms with van der Waals surface area (Å²) in [5, 5.41) is 3.46. The number of hydrogen-bond donors (Lipinski definition) is 2. The molecule has 102 valence electrons. The van der Waals surface area contributed by atoms with E-state index in [0.717, 1.165) is 31.7 Å². The molecule has 1 saturated carbocycles. The van der Waals surface area contributed by atoms with Crippen molar-refractivity contribution in [3.05, 3.63) is 23.9 Å². The van der Waals surface area contributed by atoms with Crippen molar-refractivity contribution in [2.45, 2.75) is 44.3 Å². The van der Waals surface area contributed by atoms with E-state index in [-0.39, 0.29) is 11.9 Å². The molecule has 1 atom stereocenters. The molecular weight excluding hydrogens is 240 g/mol. The van der Waals surface area contributed by atoms with Crippen LogP contribution in [-0.2, 0) is 11.3 Å². The van der Waals surface area contributed by atoms with Crippen LogP contribution >= 0.6 is 0 Å². The van der Waals surface area contributed by atoms with Crippen LogP contribution in [0.5, 0.6) is 0 Å². The van der Waals surface area contributed by atoms with Gasteiger partial charge in [-0.1, -0.05) is 6.07 Å². The quantitative estimate of drug-likeness (QED) is 0.821. The number of hydrogen-bond acceptors (Lipinski definition) is 4. The zero-order valence-electron chi connectivity index (χ0n) is 11.0. The van der Waals surface area contributed by atoms with E-state index in [1.807, 2.05) is 17.2 Å². The molecule has 2 heterocycles. The Balaban J connectivity index is 1.65. The van der Waals surface area contributed by atoms with Crippen molar-refractivity contribution >= 4 is 11.7 Å². The molecule has 3 rings (SSSR count). The minimum Gasteiger partial charge on any atom is -0.368 e. The van der Waals surface area contributed by atoms with Gasteiger partial charge < -0.3 is 16.0 Å². The normalized spacial score (nSPS) is 22.7. The fourth-order valence-electron chi connectivity index (χ4n) is 2.58. The van der Waals surface area contributed by atoms with Crippen molar-refractivity contribution in [2.75, 3.05) is 11.4 Å². The molecule has 1 saturated heterocycles. The summed E-state index contributed by atoms with van der Waals surface area (Å²) in [6, 6.07) is 4.58. The Labute approximate surface area is 113 Å². The molecule has 0 aromatic carbocycles. The maximum atomic E-state index is 11.4. The molecule has 2 aliphatic rings. The molecule has 3 N–H and O–H groups in total. The molecule has 19 heavy (non-hydrogen) atoms. The van der Waals surface area contributed by atoms with Gasteiger partial charge in [-0.05, 0) is 37.3 Å². The Bertz CT molecular complexity index is 455. The van der Waals surface area contributed by atoms with Crippen molar-refractivity contribution in [1.29, 1.82) is 0 Å². The molecule has 0 spiro atoms. The summed E-state index contributed by atoms with van der Waals surface area (Å²) in [5.74, 6) is 0.607. The van der Waals surface area contributed by atoms with Gasteiger partial charge in [0, 0.05) is 25.3 Å². The second-order valence-corrected chi connectivity index (χ2v) is 5.43. The molecule has 0 bridgehead atoms. The lowest BCUT2D eigenvalue weighted by atomic mass is 10.2. The number of pyridine rings is 1. The molecule has 1 aliphatic heterocycles. The van der Waals surface area contributed by atoms with Crippen LogP contribution in [0.1, 0.15) is 31.2 Å². The molecule has 2 fully saturated rings. The predicted octanol–water partition coefficient (Wildman–Crippen LogP) is 0.788. The van der Waals surface area contributed by atoms with Crippen LogP contribution in [-0.4, -0.2) is 29.5 Å². The molecule has 0 radical (unpaired) electrons. The summed E-state index contributed by atoms with van der Waals surface area (Å²) in [6.45, 7) is 1.73. The van der Waals surface area contributed by atoms with E-state index < -0.39 is 0 Å². The number of aromatic nitrogens is 1. The van der Waals surface area contributed by atoms with E-state index in [1.54, 1.807) is 0 Å². The van der Waals surface area contributed by atoms with Crippen LogP contribution in [0.15, 0.2) is 18.3 Å². The SMILES string of the molecule is NC(=O)C1CCCN1c1ccc(CNC2CC2)cn1. The number of nitrogens with zero attached hydrogens (tertiary/aromatic N) is 2. The zero-order valence-corrected chi connectivity index (χ0v) is 11.0. The minimum absolute atomic E-state index is 0.192. The summed E-state index contributed by atoms with van der Waals surface area (Å²) < 4.78 is 0. The Morgan fingerprint density at radius 1 is 1.42 bits per heavy atom. The van der Waals surface area contributed by atoms with Crippen LogP contribution in [0.25, 0.3) is 0 Å². The monoisotopic (exact) mass is 260 g/mol. The van der Waals surface area contributed by atoms with Crippen molar-refractivity contribution in [3.63, 3.8) is 0 Å².